The summed E-state index contributed by atoms with van der Waals surface area (Å²) in [6, 6.07) is 7.71. The van der Waals surface area contributed by atoms with Gasteiger partial charge in [-0.1, -0.05) is 43.5 Å². The first-order valence-corrected chi connectivity index (χ1v) is 15.4. The van der Waals surface area contributed by atoms with Gasteiger partial charge in [-0.15, -0.1) is 0 Å². The molecular formula is C31H45ClN4O4. The van der Waals surface area contributed by atoms with E-state index in [2.05, 4.69) is 6.92 Å². The molecule has 4 rings (SSSR count). The van der Waals surface area contributed by atoms with Gasteiger partial charge >= 0.3 is 0 Å². The zero-order valence-electron chi connectivity index (χ0n) is 23.8. The lowest BCUT2D eigenvalue weighted by Crippen LogP contribution is -2.52. The van der Waals surface area contributed by atoms with Crippen LogP contribution in [0.3, 0.4) is 0 Å². The molecule has 2 aliphatic carbocycles. The normalized spacial score (nSPS) is 26.1. The third kappa shape index (κ3) is 8.00. The number of nitrogens with two attached hydrogens (primary N) is 1. The van der Waals surface area contributed by atoms with Crippen molar-refractivity contribution < 1.29 is 19.4 Å². The van der Waals surface area contributed by atoms with Gasteiger partial charge in [0.1, 0.15) is 18.1 Å². The number of aliphatic imine (C=N–C) groups is 1. The van der Waals surface area contributed by atoms with Crippen LogP contribution in [0.1, 0.15) is 71.1 Å². The molecule has 40 heavy (non-hydrogen) atoms. The molecule has 3 fully saturated rings. The molecule has 8 nitrogen and oxygen atoms in total. The number of ether oxygens (including phenoxy) is 1. The van der Waals surface area contributed by atoms with E-state index in [1.807, 2.05) is 24.3 Å². The Labute approximate surface area is 243 Å². The van der Waals surface area contributed by atoms with E-state index in [1.54, 1.807) is 9.80 Å². The number of benzene rings is 1. The van der Waals surface area contributed by atoms with Crippen molar-refractivity contribution in [2.75, 3.05) is 39.3 Å². The van der Waals surface area contributed by atoms with Crippen molar-refractivity contribution in [3.05, 3.63) is 40.6 Å². The molecule has 9 heteroatoms. The van der Waals surface area contributed by atoms with Crippen LogP contribution in [0.5, 0.6) is 5.75 Å². The fourth-order valence-corrected chi connectivity index (χ4v) is 6.49. The summed E-state index contributed by atoms with van der Waals surface area (Å²) in [6.07, 6.45) is 10.7. The van der Waals surface area contributed by atoms with Crippen molar-refractivity contribution in [1.29, 1.82) is 0 Å². The number of hydrogen-bond donors (Lipinski definition) is 2. The summed E-state index contributed by atoms with van der Waals surface area (Å²) >= 11 is 6.28. The molecule has 1 unspecified atom stereocenters. The Morgan fingerprint density at radius 1 is 1.07 bits per heavy atom. The maximum absolute atomic E-state index is 13.1. The Balaban J connectivity index is 1.22. The summed E-state index contributed by atoms with van der Waals surface area (Å²) < 4.78 is 6.20. The number of unbranched alkanes of at least 4 members (excludes halogenated alkanes) is 1. The summed E-state index contributed by atoms with van der Waals surface area (Å²) in [5.41, 5.74) is 8.63. The van der Waals surface area contributed by atoms with Crippen LogP contribution in [0.15, 0.2) is 40.5 Å². The molecular weight excluding hydrogens is 528 g/mol. The second-order valence-electron chi connectivity index (χ2n) is 11.5. The van der Waals surface area contributed by atoms with Gasteiger partial charge in [0.05, 0.1) is 11.1 Å². The molecule has 0 bridgehead atoms. The van der Waals surface area contributed by atoms with Gasteiger partial charge in [-0.05, 0) is 75.3 Å². The first kappa shape index (κ1) is 30.4. The molecule has 1 aromatic carbocycles. The molecule has 2 saturated carbocycles. The molecule has 0 radical (unpaired) electrons. The van der Waals surface area contributed by atoms with Crippen molar-refractivity contribution >= 4 is 29.1 Å². The predicted molar refractivity (Wildman–Crippen MR) is 158 cm³/mol. The van der Waals surface area contributed by atoms with Crippen molar-refractivity contribution in [2.45, 2.75) is 77.2 Å². The average molecular weight is 573 g/mol. The highest BCUT2D eigenvalue weighted by Crippen LogP contribution is 2.36. The van der Waals surface area contributed by atoms with E-state index >= 15 is 0 Å². The highest BCUT2D eigenvalue weighted by Gasteiger charge is 2.29. The molecule has 1 heterocycles. The summed E-state index contributed by atoms with van der Waals surface area (Å²) in [5.74, 6) is 1.66. The zero-order chi connectivity index (χ0) is 28.5. The monoisotopic (exact) mass is 572 g/mol. The highest BCUT2D eigenvalue weighted by atomic mass is 35.5. The Morgan fingerprint density at radius 3 is 2.52 bits per heavy atom. The molecule has 1 saturated heterocycles. The quantitative estimate of drug-likeness (QED) is 0.332. The summed E-state index contributed by atoms with van der Waals surface area (Å²) in [7, 11) is 0. The molecule has 3 aliphatic rings. The molecule has 3 N–H and O–H groups in total. The minimum atomic E-state index is -0.500. The van der Waals surface area contributed by atoms with Crippen molar-refractivity contribution in [1.82, 2.24) is 9.80 Å². The van der Waals surface area contributed by atoms with E-state index in [9.17, 15) is 9.59 Å². The van der Waals surface area contributed by atoms with Gasteiger partial charge < -0.3 is 25.4 Å². The fraction of sp³-hybridized carbons (Fsp3) is 0.645. The van der Waals surface area contributed by atoms with Crippen molar-refractivity contribution in [3.8, 4) is 5.75 Å². The van der Waals surface area contributed by atoms with Crippen molar-refractivity contribution in [2.24, 2.45) is 22.6 Å². The lowest BCUT2D eigenvalue weighted by molar-refractivity contribution is -0.139. The van der Waals surface area contributed by atoms with Gasteiger partial charge in [0, 0.05) is 44.0 Å². The Hall–Kier alpha value is -2.58. The smallest absolute Gasteiger partial charge is 0.270 e. The number of allylic oxidation sites excluding steroid dienone is 1. The number of nitrogens with zero attached hydrogens (tertiary/aromatic N) is 3. The van der Waals surface area contributed by atoms with Crippen LogP contribution in [0.4, 0.5) is 0 Å². The molecule has 1 aromatic rings. The first-order valence-electron chi connectivity index (χ1n) is 15.0. The van der Waals surface area contributed by atoms with Gasteiger partial charge in [-0.3, -0.25) is 14.6 Å². The second kappa shape index (κ2) is 14.9. The van der Waals surface area contributed by atoms with E-state index in [4.69, 9.17) is 32.2 Å². The third-order valence-corrected chi connectivity index (χ3v) is 9.08. The minimum Gasteiger partial charge on any atom is -0.489 e. The summed E-state index contributed by atoms with van der Waals surface area (Å²) in [4.78, 5) is 33.1. The maximum atomic E-state index is 13.1. The van der Waals surface area contributed by atoms with E-state index in [0.717, 1.165) is 74.9 Å². The van der Waals surface area contributed by atoms with Crippen LogP contribution in [-0.4, -0.2) is 77.9 Å². The van der Waals surface area contributed by atoms with Gasteiger partial charge in [0.15, 0.2) is 0 Å². The molecule has 220 valence electrons. The number of rotatable bonds is 9. The van der Waals surface area contributed by atoms with Crippen LogP contribution < -0.4 is 10.5 Å². The number of hydrogen-bond acceptors (Lipinski definition) is 6. The lowest BCUT2D eigenvalue weighted by atomic mass is 9.76. The number of carbonyl (C=O) groups excluding carboxylic acids is 2. The van der Waals surface area contributed by atoms with Crippen LogP contribution in [0, 0.1) is 11.8 Å². The number of aliphatic hydroxyl groups is 1. The molecule has 1 aliphatic heterocycles. The molecule has 2 amide bonds. The van der Waals surface area contributed by atoms with Crippen molar-refractivity contribution in [3.63, 3.8) is 0 Å². The fourth-order valence-electron chi connectivity index (χ4n) is 6.31. The van der Waals surface area contributed by atoms with Gasteiger partial charge in [0.25, 0.3) is 5.91 Å². The van der Waals surface area contributed by atoms with E-state index in [1.165, 1.54) is 12.8 Å². The third-order valence-electron chi connectivity index (χ3n) is 8.76. The summed E-state index contributed by atoms with van der Waals surface area (Å²) in [6.45, 7) is 4.30. The highest BCUT2D eigenvalue weighted by molar-refractivity contribution is 6.32. The first-order chi connectivity index (χ1) is 19.4. The number of para-hydroxylation sites is 1. The van der Waals surface area contributed by atoms with E-state index in [-0.39, 0.29) is 17.9 Å². The molecule has 0 spiro atoms. The van der Waals surface area contributed by atoms with Crippen LogP contribution in [0.2, 0.25) is 5.02 Å². The second-order valence-corrected chi connectivity index (χ2v) is 11.9. The van der Waals surface area contributed by atoms with Gasteiger partial charge in [0.2, 0.25) is 5.91 Å². The van der Waals surface area contributed by atoms with Gasteiger partial charge in [-0.2, -0.15) is 0 Å². The molecule has 0 aromatic heterocycles. The number of carbonyl (C=O) groups is 2. The van der Waals surface area contributed by atoms with E-state index in [0.29, 0.717) is 48.7 Å². The van der Waals surface area contributed by atoms with Crippen LogP contribution in [-0.2, 0) is 9.59 Å². The number of amides is 2. The number of aliphatic hydroxyl groups excluding tert-OH is 1. The predicted octanol–water partition coefficient (Wildman–Crippen LogP) is 4.58. The Kier molecular flexibility index (Phi) is 11.3. The van der Waals surface area contributed by atoms with Crippen LogP contribution >= 0.6 is 11.6 Å². The number of halogens is 1. The Bertz CT molecular complexity index is 1080. The average Bonchev–Trinajstić information content (AvgIpc) is 2.98. The van der Waals surface area contributed by atoms with E-state index < -0.39 is 6.61 Å². The Morgan fingerprint density at radius 2 is 1.80 bits per heavy atom. The minimum absolute atomic E-state index is 0.163. The largest absolute Gasteiger partial charge is 0.489 e. The summed E-state index contributed by atoms with van der Waals surface area (Å²) in [5, 5.41) is 9.75. The van der Waals surface area contributed by atoms with Crippen LogP contribution in [0.25, 0.3) is 0 Å². The maximum Gasteiger partial charge on any atom is 0.270 e. The standard InChI is InChI=1S/C31H45ClN4O4/c1-22-20-24(40-28-12-5-3-10-26(28)32)14-13-23(22)8-6-7-15-34-27-11-4-2-9-25(27)30(33)31(39)36-18-16-35(17-19-36)29(38)21-37/h3,5,10,12,22-24,37H,2,4,6-9,11,13-21,33H2,1H3/t22-,23?,24-/m1/s1. The SMILES string of the molecule is C[C@@H]1C[C@H](Oc2ccccc2Cl)CCC1CCCCN=C1CCCCC1=C(N)C(=O)N1CCN(C(=O)CO)CC1. The zero-order valence-corrected chi connectivity index (χ0v) is 24.6. The van der Waals surface area contributed by atoms with Gasteiger partial charge in [-0.25, -0.2) is 0 Å². The number of piperazine rings is 1. The molecule has 3 atom stereocenters. The topological polar surface area (TPSA) is 108 Å². The lowest BCUT2D eigenvalue weighted by Gasteiger charge is -2.35.